The Morgan fingerprint density at radius 2 is 1.92 bits per heavy atom. The van der Waals surface area contributed by atoms with Crippen LogP contribution in [0.25, 0.3) is 0 Å². The van der Waals surface area contributed by atoms with Crippen LogP contribution in [0.5, 0.6) is 0 Å². The summed E-state index contributed by atoms with van der Waals surface area (Å²) >= 11 is 0. The van der Waals surface area contributed by atoms with Gasteiger partial charge in [0.25, 0.3) is 5.91 Å². The van der Waals surface area contributed by atoms with Gasteiger partial charge in [-0.25, -0.2) is 4.98 Å². The van der Waals surface area contributed by atoms with Crippen LogP contribution in [0.3, 0.4) is 0 Å². The lowest BCUT2D eigenvalue weighted by Crippen LogP contribution is -2.30. The Balaban J connectivity index is 1.88. The average molecular weight is 328 g/mol. The molecule has 0 saturated carbocycles. The highest BCUT2D eigenvalue weighted by molar-refractivity contribution is 5.94. The third-order valence-electron chi connectivity index (χ3n) is 4.44. The lowest BCUT2D eigenvalue weighted by atomic mass is 9.89. The number of hydrogen-bond acceptors (Lipinski definition) is 5. The van der Waals surface area contributed by atoms with Crippen LogP contribution in [0, 0.1) is 19.8 Å². The Kier molecular flexibility index (Phi) is 4.38. The molecule has 1 aromatic carbocycles. The maximum Gasteiger partial charge on any atom is 0.311 e. The van der Waals surface area contributed by atoms with Gasteiger partial charge in [0, 0.05) is 25.9 Å². The lowest BCUT2D eigenvalue weighted by Gasteiger charge is -2.16. The van der Waals surface area contributed by atoms with E-state index in [1.807, 2.05) is 30.3 Å². The fraction of sp³-hybridized carbons (Fsp3) is 0.389. The van der Waals surface area contributed by atoms with Crippen molar-refractivity contribution in [3.8, 4) is 0 Å². The maximum absolute atomic E-state index is 12.8. The number of ether oxygens (including phenoxy) is 1. The van der Waals surface area contributed by atoms with Gasteiger partial charge in [0.2, 0.25) is 0 Å². The summed E-state index contributed by atoms with van der Waals surface area (Å²) in [5.74, 6) is -0.0242. The van der Waals surface area contributed by atoms with E-state index < -0.39 is 0 Å². The quantitative estimate of drug-likeness (QED) is 0.809. The fourth-order valence-corrected chi connectivity index (χ4v) is 3.27. The van der Waals surface area contributed by atoms with Gasteiger partial charge in [-0.05, 0) is 12.5 Å². The van der Waals surface area contributed by atoms with Crippen molar-refractivity contribution in [1.82, 2.24) is 9.88 Å². The standard InChI is InChI=1S/C18H20N2O4/c1-11-16(19-12(2)24-11)17(21)20-9-14(13-7-5-4-6-8-13)15(10-20)18(22)23-3/h4-8,14-15H,9-10H2,1-3H3/t14-,15-/m1/s1. The Morgan fingerprint density at radius 3 is 2.50 bits per heavy atom. The molecule has 0 bridgehead atoms. The molecule has 0 aliphatic carbocycles. The van der Waals surface area contributed by atoms with Crippen molar-refractivity contribution in [2.24, 2.45) is 5.92 Å². The molecule has 126 valence electrons. The molecule has 0 unspecified atom stereocenters. The summed E-state index contributed by atoms with van der Waals surface area (Å²) in [6, 6.07) is 9.73. The van der Waals surface area contributed by atoms with Crippen LogP contribution in [-0.4, -0.2) is 42.0 Å². The number of likely N-dealkylation sites (tertiary alicyclic amines) is 1. The third kappa shape index (κ3) is 2.91. The van der Waals surface area contributed by atoms with E-state index in [4.69, 9.17) is 9.15 Å². The number of aromatic nitrogens is 1. The Bertz CT molecular complexity index is 754. The molecule has 0 N–H and O–H groups in total. The van der Waals surface area contributed by atoms with Crippen molar-refractivity contribution < 1.29 is 18.7 Å². The number of benzene rings is 1. The van der Waals surface area contributed by atoms with Gasteiger partial charge in [-0.1, -0.05) is 30.3 Å². The maximum atomic E-state index is 12.8. The number of methoxy groups -OCH3 is 1. The predicted octanol–water partition coefficient (Wildman–Crippen LogP) is 2.32. The van der Waals surface area contributed by atoms with Gasteiger partial charge in [-0.2, -0.15) is 0 Å². The molecule has 1 aromatic heterocycles. The van der Waals surface area contributed by atoms with Crippen LogP contribution in [0.1, 0.15) is 33.6 Å². The molecule has 2 heterocycles. The molecule has 1 fully saturated rings. The zero-order valence-corrected chi connectivity index (χ0v) is 14.0. The summed E-state index contributed by atoms with van der Waals surface area (Å²) in [6.45, 7) is 4.19. The molecule has 1 saturated heterocycles. The van der Waals surface area contributed by atoms with E-state index in [0.29, 0.717) is 30.4 Å². The summed E-state index contributed by atoms with van der Waals surface area (Å²) in [4.78, 5) is 30.8. The average Bonchev–Trinajstić information content (AvgIpc) is 3.18. The van der Waals surface area contributed by atoms with Crippen LogP contribution in [-0.2, 0) is 9.53 Å². The van der Waals surface area contributed by atoms with E-state index in [1.165, 1.54) is 7.11 Å². The molecule has 1 amide bonds. The zero-order valence-electron chi connectivity index (χ0n) is 14.0. The number of amides is 1. The first kappa shape index (κ1) is 16.2. The van der Waals surface area contributed by atoms with Crippen LogP contribution in [0.15, 0.2) is 34.7 Å². The van der Waals surface area contributed by atoms with Crippen molar-refractivity contribution >= 4 is 11.9 Å². The van der Waals surface area contributed by atoms with E-state index >= 15 is 0 Å². The van der Waals surface area contributed by atoms with Gasteiger partial charge in [-0.15, -0.1) is 0 Å². The van der Waals surface area contributed by atoms with E-state index in [0.717, 1.165) is 5.56 Å². The normalized spacial score (nSPS) is 20.2. The van der Waals surface area contributed by atoms with Crippen molar-refractivity contribution in [1.29, 1.82) is 0 Å². The van der Waals surface area contributed by atoms with Crippen LogP contribution < -0.4 is 0 Å². The molecular formula is C18H20N2O4. The smallest absolute Gasteiger partial charge is 0.311 e. The number of esters is 1. The van der Waals surface area contributed by atoms with E-state index in [2.05, 4.69) is 4.98 Å². The monoisotopic (exact) mass is 328 g/mol. The van der Waals surface area contributed by atoms with Gasteiger partial charge in [0.1, 0.15) is 5.76 Å². The van der Waals surface area contributed by atoms with Crippen molar-refractivity contribution in [3.05, 3.63) is 53.2 Å². The van der Waals surface area contributed by atoms with Crippen molar-refractivity contribution in [3.63, 3.8) is 0 Å². The van der Waals surface area contributed by atoms with E-state index in [-0.39, 0.29) is 23.7 Å². The number of oxazole rings is 1. The van der Waals surface area contributed by atoms with Crippen LogP contribution in [0.2, 0.25) is 0 Å². The molecule has 3 rings (SSSR count). The minimum atomic E-state index is -0.380. The summed E-state index contributed by atoms with van der Waals surface area (Å²) in [7, 11) is 1.38. The first-order chi connectivity index (χ1) is 11.5. The first-order valence-corrected chi connectivity index (χ1v) is 7.87. The summed E-state index contributed by atoms with van der Waals surface area (Å²) < 4.78 is 10.3. The fourth-order valence-electron chi connectivity index (χ4n) is 3.27. The molecule has 0 radical (unpaired) electrons. The summed E-state index contributed by atoms with van der Waals surface area (Å²) in [6.07, 6.45) is 0. The molecule has 2 atom stereocenters. The summed E-state index contributed by atoms with van der Waals surface area (Å²) in [5.41, 5.74) is 1.33. The van der Waals surface area contributed by atoms with E-state index in [9.17, 15) is 9.59 Å². The number of nitrogens with zero attached hydrogens (tertiary/aromatic N) is 2. The molecule has 1 aliphatic heterocycles. The Labute approximate surface area is 140 Å². The Morgan fingerprint density at radius 1 is 1.21 bits per heavy atom. The largest absolute Gasteiger partial charge is 0.469 e. The lowest BCUT2D eigenvalue weighted by molar-refractivity contribution is -0.145. The third-order valence-corrected chi connectivity index (χ3v) is 4.44. The summed E-state index contributed by atoms with van der Waals surface area (Å²) in [5, 5.41) is 0. The number of carbonyl (C=O) groups excluding carboxylic acids is 2. The predicted molar refractivity (Wildman–Crippen MR) is 86.6 cm³/mol. The molecular weight excluding hydrogens is 308 g/mol. The SMILES string of the molecule is COC(=O)[C@@H]1CN(C(=O)c2nc(C)oc2C)C[C@@H]1c1ccccc1. The highest BCUT2D eigenvalue weighted by atomic mass is 16.5. The van der Waals surface area contributed by atoms with Gasteiger partial charge < -0.3 is 14.1 Å². The van der Waals surface area contributed by atoms with Gasteiger partial charge in [-0.3, -0.25) is 9.59 Å². The van der Waals surface area contributed by atoms with Crippen LogP contribution >= 0.6 is 0 Å². The number of hydrogen-bond donors (Lipinski definition) is 0. The Hall–Kier alpha value is -2.63. The molecule has 24 heavy (non-hydrogen) atoms. The minimum Gasteiger partial charge on any atom is -0.469 e. The number of aryl methyl sites for hydroxylation is 2. The van der Waals surface area contributed by atoms with Crippen LogP contribution in [0.4, 0.5) is 0 Å². The van der Waals surface area contributed by atoms with E-state index in [1.54, 1.807) is 18.7 Å². The second-order valence-electron chi connectivity index (χ2n) is 5.99. The molecule has 6 nitrogen and oxygen atoms in total. The highest BCUT2D eigenvalue weighted by Crippen LogP contribution is 2.34. The van der Waals surface area contributed by atoms with Gasteiger partial charge in [0.05, 0.1) is 13.0 Å². The molecule has 1 aliphatic rings. The minimum absolute atomic E-state index is 0.0871. The van der Waals surface area contributed by atoms with Crippen molar-refractivity contribution in [2.45, 2.75) is 19.8 Å². The molecule has 0 spiro atoms. The van der Waals surface area contributed by atoms with Crippen molar-refractivity contribution in [2.75, 3.05) is 20.2 Å². The molecule has 6 heteroatoms. The number of carbonyl (C=O) groups is 2. The first-order valence-electron chi connectivity index (χ1n) is 7.87. The highest BCUT2D eigenvalue weighted by Gasteiger charge is 2.42. The van der Waals surface area contributed by atoms with Gasteiger partial charge >= 0.3 is 5.97 Å². The molecule has 2 aromatic rings. The second-order valence-corrected chi connectivity index (χ2v) is 5.99. The topological polar surface area (TPSA) is 72.6 Å². The second kappa shape index (κ2) is 6.47. The van der Waals surface area contributed by atoms with Gasteiger partial charge in [0.15, 0.2) is 11.6 Å². The number of rotatable bonds is 3. The zero-order chi connectivity index (χ0) is 17.3.